The highest BCUT2D eigenvalue weighted by Gasteiger charge is 2.12. The number of Topliss-reactive ketones (excluding diaryl/α,β-unsaturated/α-hetero) is 1. The van der Waals surface area contributed by atoms with E-state index in [0.717, 1.165) is 5.56 Å². The number of aryl methyl sites for hydroxylation is 1. The van der Waals surface area contributed by atoms with Crippen LogP contribution < -0.4 is 15.4 Å². The molecule has 0 fully saturated rings. The molecule has 27 heavy (non-hydrogen) atoms. The minimum atomic E-state index is -0.245. The fourth-order valence-corrected chi connectivity index (χ4v) is 2.58. The zero-order chi connectivity index (χ0) is 19.8. The van der Waals surface area contributed by atoms with Gasteiger partial charge in [-0.2, -0.15) is 0 Å². The molecule has 0 heterocycles. The van der Waals surface area contributed by atoms with Crippen molar-refractivity contribution in [2.75, 3.05) is 19.0 Å². The monoisotopic (exact) mass is 368 g/mol. The third-order valence-corrected chi connectivity index (χ3v) is 4.06. The van der Waals surface area contributed by atoms with Crippen LogP contribution in [0.5, 0.6) is 5.75 Å². The molecule has 0 atom stereocenters. The van der Waals surface area contributed by atoms with Crippen LogP contribution in [0.15, 0.2) is 42.5 Å². The first kappa shape index (κ1) is 20.2. The van der Waals surface area contributed by atoms with Crippen LogP contribution in [-0.2, 0) is 4.79 Å². The first-order valence-electron chi connectivity index (χ1n) is 8.83. The summed E-state index contributed by atoms with van der Waals surface area (Å²) in [6, 6.07) is 11.9. The number of benzene rings is 2. The van der Waals surface area contributed by atoms with E-state index in [1.54, 1.807) is 49.5 Å². The molecule has 2 N–H and O–H groups in total. The average Bonchev–Trinajstić information content (AvgIpc) is 2.68. The summed E-state index contributed by atoms with van der Waals surface area (Å²) in [7, 11) is 1.56. The molecule has 2 aromatic carbocycles. The topological polar surface area (TPSA) is 84.5 Å². The number of anilines is 1. The smallest absolute Gasteiger partial charge is 0.251 e. The molecule has 2 aromatic rings. The SMILES string of the molecule is CCOc1ccc(C(=O)CCC(=O)Nc2ccc(C(=O)NC)cc2C)cc1. The van der Waals surface area contributed by atoms with Gasteiger partial charge in [-0.1, -0.05) is 0 Å². The molecule has 0 aromatic heterocycles. The first-order valence-corrected chi connectivity index (χ1v) is 8.83. The van der Waals surface area contributed by atoms with Crippen molar-refractivity contribution in [3.63, 3.8) is 0 Å². The van der Waals surface area contributed by atoms with Gasteiger partial charge in [0.05, 0.1) is 6.61 Å². The molecule has 6 heteroatoms. The van der Waals surface area contributed by atoms with Crippen molar-refractivity contribution in [2.45, 2.75) is 26.7 Å². The minimum absolute atomic E-state index is 0.0860. The van der Waals surface area contributed by atoms with Gasteiger partial charge in [0.25, 0.3) is 5.91 Å². The summed E-state index contributed by atoms with van der Waals surface area (Å²) < 4.78 is 5.35. The summed E-state index contributed by atoms with van der Waals surface area (Å²) in [5.74, 6) is 0.185. The molecule has 0 aliphatic heterocycles. The Bertz CT molecular complexity index is 829. The Morgan fingerprint density at radius 3 is 2.22 bits per heavy atom. The van der Waals surface area contributed by atoms with Gasteiger partial charge < -0.3 is 15.4 Å². The maximum atomic E-state index is 12.2. The van der Waals surface area contributed by atoms with E-state index in [1.807, 2.05) is 13.8 Å². The third kappa shape index (κ3) is 5.67. The molecule has 6 nitrogen and oxygen atoms in total. The lowest BCUT2D eigenvalue weighted by Crippen LogP contribution is -2.18. The van der Waals surface area contributed by atoms with Gasteiger partial charge in [0, 0.05) is 36.7 Å². The second-order valence-corrected chi connectivity index (χ2v) is 6.04. The molecule has 0 saturated carbocycles. The quantitative estimate of drug-likeness (QED) is 0.700. The van der Waals surface area contributed by atoms with Gasteiger partial charge in [-0.05, 0) is 61.9 Å². The van der Waals surface area contributed by atoms with E-state index in [0.29, 0.717) is 29.2 Å². The lowest BCUT2D eigenvalue weighted by Gasteiger charge is -2.10. The molecule has 0 spiro atoms. The number of amides is 2. The molecule has 2 rings (SSSR count). The van der Waals surface area contributed by atoms with E-state index in [-0.39, 0.29) is 30.4 Å². The Morgan fingerprint density at radius 1 is 0.963 bits per heavy atom. The Hall–Kier alpha value is -3.15. The highest BCUT2D eigenvalue weighted by molar-refractivity contribution is 6.00. The highest BCUT2D eigenvalue weighted by Crippen LogP contribution is 2.18. The summed E-state index contributed by atoms with van der Waals surface area (Å²) in [5.41, 5.74) is 2.49. The molecule has 142 valence electrons. The maximum absolute atomic E-state index is 12.2. The van der Waals surface area contributed by atoms with E-state index < -0.39 is 0 Å². The number of carbonyl (C=O) groups excluding carboxylic acids is 3. The fraction of sp³-hybridized carbons (Fsp3) is 0.286. The number of rotatable bonds is 8. The number of ether oxygens (including phenoxy) is 1. The number of carbonyl (C=O) groups is 3. The Morgan fingerprint density at radius 2 is 1.63 bits per heavy atom. The minimum Gasteiger partial charge on any atom is -0.494 e. The lowest BCUT2D eigenvalue weighted by molar-refractivity contribution is -0.116. The van der Waals surface area contributed by atoms with Crippen LogP contribution in [0.2, 0.25) is 0 Å². The van der Waals surface area contributed by atoms with Gasteiger partial charge >= 0.3 is 0 Å². The van der Waals surface area contributed by atoms with E-state index in [1.165, 1.54) is 0 Å². The fourth-order valence-electron chi connectivity index (χ4n) is 2.58. The van der Waals surface area contributed by atoms with E-state index >= 15 is 0 Å². The van der Waals surface area contributed by atoms with Crippen molar-refractivity contribution in [1.29, 1.82) is 0 Å². The second kappa shape index (κ2) is 9.52. The van der Waals surface area contributed by atoms with E-state index in [2.05, 4.69) is 10.6 Å². The zero-order valence-electron chi connectivity index (χ0n) is 15.8. The predicted octanol–water partition coefficient (Wildman–Crippen LogP) is 3.35. The Balaban J connectivity index is 1.90. The van der Waals surface area contributed by atoms with Crippen LogP contribution in [0.25, 0.3) is 0 Å². The molecule has 0 aliphatic carbocycles. The van der Waals surface area contributed by atoms with Crippen molar-refractivity contribution >= 4 is 23.3 Å². The van der Waals surface area contributed by atoms with Crippen molar-refractivity contribution in [3.8, 4) is 5.75 Å². The highest BCUT2D eigenvalue weighted by atomic mass is 16.5. The number of hydrogen-bond acceptors (Lipinski definition) is 4. The van der Waals surface area contributed by atoms with Gasteiger partial charge in [-0.3, -0.25) is 14.4 Å². The molecule has 0 aliphatic rings. The van der Waals surface area contributed by atoms with E-state index in [9.17, 15) is 14.4 Å². The Kier molecular flexibility index (Phi) is 7.11. The van der Waals surface area contributed by atoms with Crippen LogP contribution in [0.1, 0.15) is 46.0 Å². The summed E-state index contributed by atoms with van der Waals surface area (Å²) in [6.45, 7) is 4.27. The van der Waals surface area contributed by atoms with Crippen LogP contribution in [0, 0.1) is 6.92 Å². The van der Waals surface area contributed by atoms with Gasteiger partial charge in [0.2, 0.25) is 5.91 Å². The number of nitrogens with one attached hydrogen (secondary N) is 2. The van der Waals surface area contributed by atoms with Crippen molar-refractivity contribution in [3.05, 3.63) is 59.2 Å². The van der Waals surface area contributed by atoms with Crippen LogP contribution in [-0.4, -0.2) is 31.3 Å². The normalized spacial score (nSPS) is 10.2. The molecule has 0 saturated heterocycles. The van der Waals surface area contributed by atoms with Gasteiger partial charge in [0.15, 0.2) is 5.78 Å². The summed E-state index contributed by atoms with van der Waals surface area (Å²) in [6.07, 6.45) is 0.206. The number of hydrogen-bond donors (Lipinski definition) is 2. The van der Waals surface area contributed by atoms with Gasteiger partial charge in [0.1, 0.15) is 5.75 Å². The largest absolute Gasteiger partial charge is 0.494 e. The first-order chi connectivity index (χ1) is 12.9. The lowest BCUT2D eigenvalue weighted by atomic mass is 10.1. The third-order valence-electron chi connectivity index (χ3n) is 4.06. The second-order valence-electron chi connectivity index (χ2n) is 6.04. The summed E-state index contributed by atoms with van der Waals surface area (Å²) >= 11 is 0. The summed E-state index contributed by atoms with van der Waals surface area (Å²) in [5, 5.41) is 5.34. The zero-order valence-corrected chi connectivity index (χ0v) is 15.8. The average molecular weight is 368 g/mol. The standard InChI is InChI=1S/C21H24N2O4/c1-4-27-17-8-5-15(6-9-17)19(24)11-12-20(25)23-18-10-7-16(13-14(18)2)21(26)22-3/h5-10,13H,4,11-12H2,1-3H3,(H,22,26)(H,23,25). The molecule has 0 radical (unpaired) electrons. The van der Waals surface area contributed by atoms with Crippen LogP contribution in [0.3, 0.4) is 0 Å². The van der Waals surface area contributed by atoms with Gasteiger partial charge in [-0.25, -0.2) is 0 Å². The summed E-state index contributed by atoms with van der Waals surface area (Å²) in [4.78, 5) is 36.0. The maximum Gasteiger partial charge on any atom is 0.251 e. The Labute approximate surface area is 158 Å². The van der Waals surface area contributed by atoms with Crippen molar-refractivity contribution in [1.82, 2.24) is 5.32 Å². The van der Waals surface area contributed by atoms with Crippen LogP contribution >= 0.6 is 0 Å². The van der Waals surface area contributed by atoms with Crippen molar-refractivity contribution < 1.29 is 19.1 Å². The van der Waals surface area contributed by atoms with Gasteiger partial charge in [-0.15, -0.1) is 0 Å². The van der Waals surface area contributed by atoms with Crippen molar-refractivity contribution in [2.24, 2.45) is 0 Å². The predicted molar refractivity (Wildman–Crippen MR) is 104 cm³/mol. The van der Waals surface area contributed by atoms with E-state index in [4.69, 9.17) is 4.74 Å². The molecule has 2 amide bonds. The van der Waals surface area contributed by atoms with Crippen LogP contribution in [0.4, 0.5) is 5.69 Å². The molecular formula is C21H24N2O4. The number of ketones is 1. The molecule has 0 unspecified atom stereocenters. The molecular weight excluding hydrogens is 344 g/mol. The molecule has 0 bridgehead atoms.